The number of hydrogen-bond donors (Lipinski definition) is 1. The van der Waals surface area contributed by atoms with E-state index in [0.29, 0.717) is 17.0 Å². The summed E-state index contributed by atoms with van der Waals surface area (Å²) >= 11 is 0. The number of aromatic nitrogens is 4. The van der Waals surface area contributed by atoms with Crippen LogP contribution in [0.2, 0.25) is 0 Å². The summed E-state index contributed by atoms with van der Waals surface area (Å²) in [5.41, 5.74) is 1.94. The Morgan fingerprint density at radius 3 is 2.83 bits per heavy atom. The van der Waals surface area contributed by atoms with E-state index in [9.17, 15) is 4.79 Å². The fourth-order valence-corrected chi connectivity index (χ4v) is 1.98. The minimum Gasteiger partial charge on any atom is -0.497 e. The van der Waals surface area contributed by atoms with Gasteiger partial charge in [-0.3, -0.25) is 14.8 Å². The highest BCUT2D eigenvalue weighted by atomic mass is 16.5. The quantitative estimate of drug-likeness (QED) is 0.792. The number of hydrogen-bond acceptors (Lipinski definition) is 6. The molecule has 2 aromatic heterocycles. The predicted molar refractivity (Wildman–Crippen MR) is 82.2 cm³/mol. The SMILES string of the molecule is COc1cccc(C(=O)Nc2nnc(-c3cc(C)n(C)n3)o2)c1. The number of rotatable bonds is 4. The number of anilines is 1. The van der Waals surface area contributed by atoms with Gasteiger partial charge in [-0.1, -0.05) is 11.2 Å². The topological polar surface area (TPSA) is 95.1 Å². The van der Waals surface area contributed by atoms with Crippen molar-refractivity contribution in [2.45, 2.75) is 6.92 Å². The Balaban J connectivity index is 1.77. The number of benzene rings is 1. The first-order chi connectivity index (χ1) is 11.1. The fourth-order valence-electron chi connectivity index (χ4n) is 1.98. The second-order valence-corrected chi connectivity index (χ2v) is 4.89. The van der Waals surface area contributed by atoms with Crippen molar-refractivity contribution in [3.63, 3.8) is 0 Å². The summed E-state index contributed by atoms with van der Waals surface area (Å²) in [4.78, 5) is 12.2. The van der Waals surface area contributed by atoms with Gasteiger partial charge in [-0.05, 0) is 31.2 Å². The number of ether oxygens (including phenoxy) is 1. The Labute approximate surface area is 132 Å². The first-order valence-corrected chi connectivity index (χ1v) is 6.87. The molecule has 0 aliphatic rings. The van der Waals surface area contributed by atoms with Crippen LogP contribution in [-0.4, -0.2) is 33.0 Å². The van der Waals surface area contributed by atoms with Crippen LogP contribution >= 0.6 is 0 Å². The third-order valence-electron chi connectivity index (χ3n) is 3.31. The van der Waals surface area contributed by atoms with Crippen LogP contribution in [0.4, 0.5) is 6.01 Å². The third kappa shape index (κ3) is 3.05. The molecule has 3 aromatic rings. The summed E-state index contributed by atoms with van der Waals surface area (Å²) in [6, 6.07) is 8.60. The Bertz CT molecular complexity index is 833. The molecule has 23 heavy (non-hydrogen) atoms. The van der Waals surface area contributed by atoms with Gasteiger partial charge in [-0.2, -0.15) is 5.10 Å². The van der Waals surface area contributed by atoms with E-state index < -0.39 is 0 Å². The lowest BCUT2D eigenvalue weighted by Gasteiger charge is -2.03. The molecule has 0 fully saturated rings. The van der Waals surface area contributed by atoms with E-state index in [0.717, 1.165) is 5.69 Å². The number of methoxy groups -OCH3 is 1. The highest BCUT2D eigenvalue weighted by Crippen LogP contribution is 2.20. The van der Waals surface area contributed by atoms with Gasteiger partial charge in [0.1, 0.15) is 11.4 Å². The molecule has 0 saturated heterocycles. The van der Waals surface area contributed by atoms with Gasteiger partial charge in [-0.15, -0.1) is 5.10 Å². The number of nitrogens with zero attached hydrogens (tertiary/aromatic N) is 4. The molecule has 0 unspecified atom stereocenters. The first kappa shape index (κ1) is 14.8. The minimum atomic E-state index is -0.365. The Kier molecular flexibility index (Phi) is 3.80. The Morgan fingerprint density at radius 2 is 2.13 bits per heavy atom. The number of aryl methyl sites for hydroxylation is 2. The van der Waals surface area contributed by atoms with Crippen molar-refractivity contribution in [1.82, 2.24) is 20.0 Å². The highest BCUT2D eigenvalue weighted by molar-refractivity contribution is 6.03. The summed E-state index contributed by atoms with van der Waals surface area (Å²) in [6.07, 6.45) is 0. The molecular weight excluding hydrogens is 298 g/mol. The van der Waals surface area contributed by atoms with Crippen LogP contribution < -0.4 is 10.1 Å². The molecule has 0 aliphatic carbocycles. The van der Waals surface area contributed by atoms with Crippen LogP contribution in [0.5, 0.6) is 5.75 Å². The van der Waals surface area contributed by atoms with Crippen LogP contribution in [0.15, 0.2) is 34.7 Å². The van der Waals surface area contributed by atoms with Crippen LogP contribution in [0.25, 0.3) is 11.6 Å². The lowest BCUT2D eigenvalue weighted by atomic mass is 10.2. The number of amides is 1. The third-order valence-corrected chi connectivity index (χ3v) is 3.31. The molecule has 8 heteroatoms. The van der Waals surface area contributed by atoms with Crippen LogP contribution in [0.3, 0.4) is 0 Å². The summed E-state index contributed by atoms with van der Waals surface area (Å²) in [5.74, 6) is 0.471. The van der Waals surface area contributed by atoms with E-state index in [1.54, 1.807) is 28.9 Å². The van der Waals surface area contributed by atoms with Crippen LogP contribution in [-0.2, 0) is 7.05 Å². The lowest BCUT2D eigenvalue weighted by Crippen LogP contribution is -2.12. The molecule has 0 atom stereocenters. The van der Waals surface area contributed by atoms with E-state index in [4.69, 9.17) is 9.15 Å². The zero-order valence-electron chi connectivity index (χ0n) is 12.9. The van der Waals surface area contributed by atoms with Crippen molar-refractivity contribution in [1.29, 1.82) is 0 Å². The normalized spacial score (nSPS) is 10.6. The molecule has 0 spiro atoms. The standard InChI is InChI=1S/C15H15N5O3/c1-9-7-12(19-20(9)2)14-17-18-15(23-14)16-13(21)10-5-4-6-11(8-10)22-3/h4-8H,1-3H3,(H,16,18,21). The summed E-state index contributed by atoms with van der Waals surface area (Å²) in [6.45, 7) is 1.92. The van der Waals surface area contributed by atoms with Crippen molar-refractivity contribution < 1.29 is 13.9 Å². The second kappa shape index (κ2) is 5.91. The summed E-state index contributed by atoms with van der Waals surface area (Å²) in [5, 5.41) is 14.5. The van der Waals surface area contributed by atoms with Gasteiger partial charge in [0, 0.05) is 18.3 Å². The van der Waals surface area contributed by atoms with Crippen molar-refractivity contribution in [2.24, 2.45) is 7.05 Å². The second-order valence-electron chi connectivity index (χ2n) is 4.89. The molecule has 1 aromatic carbocycles. The predicted octanol–water partition coefficient (Wildman–Crippen LogP) is 2.04. The van der Waals surface area contributed by atoms with E-state index in [2.05, 4.69) is 20.6 Å². The first-order valence-electron chi connectivity index (χ1n) is 6.87. The van der Waals surface area contributed by atoms with Crippen molar-refractivity contribution in [3.05, 3.63) is 41.6 Å². The average Bonchev–Trinajstić information content (AvgIpc) is 3.14. The molecule has 2 heterocycles. The van der Waals surface area contributed by atoms with Crippen molar-refractivity contribution >= 4 is 11.9 Å². The molecule has 118 valence electrons. The van der Waals surface area contributed by atoms with Gasteiger partial charge in [0.05, 0.1) is 7.11 Å². The zero-order chi connectivity index (χ0) is 16.4. The molecular formula is C15H15N5O3. The van der Waals surface area contributed by atoms with Crippen LogP contribution in [0.1, 0.15) is 16.1 Å². The summed E-state index contributed by atoms with van der Waals surface area (Å²) < 4.78 is 12.2. The van der Waals surface area contributed by atoms with Crippen LogP contribution in [0, 0.1) is 6.92 Å². The maximum Gasteiger partial charge on any atom is 0.322 e. The molecule has 0 radical (unpaired) electrons. The van der Waals surface area contributed by atoms with E-state index in [1.807, 2.05) is 20.0 Å². The van der Waals surface area contributed by atoms with Gasteiger partial charge in [-0.25, -0.2) is 0 Å². The lowest BCUT2D eigenvalue weighted by molar-refractivity contribution is 0.102. The summed E-state index contributed by atoms with van der Waals surface area (Å²) in [7, 11) is 3.36. The highest BCUT2D eigenvalue weighted by Gasteiger charge is 2.15. The smallest absolute Gasteiger partial charge is 0.322 e. The minimum absolute atomic E-state index is 0.0103. The average molecular weight is 313 g/mol. The molecule has 1 N–H and O–H groups in total. The largest absolute Gasteiger partial charge is 0.497 e. The van der Waals surface area contributed by atoms with Crippen molar-refractivity contribution in [2.75, 3.05) is 12.4 Å². The monoisotopic (exact) mass is 313 g/mol. The number of nitrogens with one attached hydrogen (secondary N) is 1. The van der Waals surface area contributed by atoms with Gasteiger partial charge in [0.25, 0.3) is 11.8 Å². The Hall–Kier alpha value is -3.16. The van der Waals surface area contributed by atoms with Gasteiger partial charge in [0.15, 0.2) is 0 Å². The van der Waals surface area contributed by atoms with Crippen molar-refractivity contribution in [3.8, 4) is 17.3 Å². The molecule has 0 saturated carbocycles. The van der Waals surface area contributed by atoms with Gasteiger partial charge in [0.2, 0.25) is 0 Å². The van der Waals surface area contributed by atoms with Gasteiger partial charge < -0.3 is 9.15 Å². The maximum absolute atomic E-state index is 12.2. The Morgan fingerprint density at radius 1 is 1.30 bits per heavy atom. The molecule has 0 aliphatic heterocycles. The maximum atomic E-state index is 12.2. The molecule has 0 bridgehead atoms. The van der Waals surface area contributed by atoms with E-state index in [-0.39, 0.29) is 17.8 Å². The fraction of sp³-hybridized carbons (Fsp3) is 0.200. The zero-order valence-corrected chi connectivity index (χ0v) is 12.9. The van der Waals surface area contributed by atoms with E-state index in [1.165, 1.54) is 7.11 Å². The van der Waals surface area contributed by atoms with E-state index >= 15 is 0 Å². The molecule has 1 amide bonds. The number of carbonyl (C=O) groups is 1. The number of carbonyl (C=O) groups excluding carboxylic acids is 1. The van der Waals surface area contributed by atoms with Gasteiger partial charge >= 0.3 is 6.01 Å². The molecule has 3 rings (SSSR count). The molecule has 8 nitrogen and oxygen atoms in total.